The molecule has 0 bridgehead atoms. The van der Waals surface area contributed by atoms with Crippen LogP contribution in [0.5, 0.6) is 0 Å². The zero-order chi connectivity index (χ0) is 18.5. The summed E-state index contributed by atoms with van der Waals surface area (Å²) >= 11 is 3.30. The van der Waals surface area contributed by atoms with E-state index >= 15 is 0 Å². The smallest absolute Gasteiger partial charge is 0.326 e. The van der Waals surface area contributed by atoms with Crippen molar-refractivity contribution in [1.29, 1.82) is 0 Å². The summed E-state index contributed by atoms with van der Waals surface area (Å²) < 4.78 is 6.76. The fraction of sp³-hybridized carbons (Fsp3) is 0.529. The molecule has 0 aromatic heterocycles. The van der Waals surface area contributed by atoms with Gasteiger partial charge in [0.25, 0.3) is 5.91 Å². The maximum absolute atomic E-state index is 12.2. The van der Waals surface area contributed by atoms with Crippen LogP contribution in [0.4, 0.5) is 0 Å². The van der Waals surface area contributed by atoms with E-state index in [9.17, 15) is 14.7 Å². The van der Waals surface area contributed by atoms with Crippen molar-refractivity contribution < 1.29 is 19.1 Å². The van der Waals surface area contributed by atoms with Crippen LogP contribution in [-0.2, 0) is 9.22 Å². The summed E-state index contributed by atoms with van der Waals surface area (Å²) in [5, 5.41) is 12.0. The molecule has 0 aliphatic heterocycles. The predicted molar refractivity (Wildman–Crippen MR) is 101 cm³/mol. The summed E-state index contributed by atoms with van der Waals surface area (Å²) in [6.07, 6.45) is 0.238. The topological polar surface area (TPSA) is 75.6 Å². The van der Waals surface area contributed by atoms with E-state index < -0.39 is 26.2 Å². The second kappa shape index (κ2) is 8.27. The molecule has 0 unspecified atom stereocenters. The van der Waals surface area contributed by atoms with Crippen LogP contribution in [0.3, 0.4) is 0 Å². The van der Waals surface area contributed by atoms with Crippen molar-refractivity contribution in [1.82, 2.24) is 5.32 Å². The second-order valence-corrected chi connectivity index (χ2v) is 13.0. The first-order chi connectivity index (χ1) is 10.9. The Kier molecular flexibility index (Phi) is 7.19. The van der Waals surface area contributed by atoms with Crippen LogP contribution < -0.4 is 5.32 Å². The molecule has 1 atom stereocenters. The van der Waals surface area contributed by atoms with E-state index in [1.54, 1.807) is 24.3 Å². The number of carboxylic acids is 1. The maximum Gasteiger partial charge on any atom is 0.326 e. The molecule has 5 nitrogen and oxygen atoms in total. The number of hydrogen-bond acceptors (Lipinski definition) is 3. The molecule has 0 aliphatic rings. The van der Waals surface area contributed by atoms with Crippen molar-refractivity contribution in [3.63, 3.8) is 0 Å². The molecule has 0 fully saturated rings. The Labute approximate surface area is 153 Å². The molecule has 0 saturated carbocycles. The summed E-state index contributed by atoms with van der Waals surface area (Å²) in [6, 6.07) is 5.86. The lowest BCUT2D eigenvalue weighted by Gasteiger charge is -2.36. The number of benzene rings is 1. The highest BCUT2D eigenvalue weighted by molar-refractivity contribution is 9.10. The summed E-state index contributed by atoms with van der Waals surface area (Å²) in [7, 11) is -1.93. The van der Waals surface area contributed by atoms with Crippen molar-refractivity contribution in [2.75, 3.05) is 6.61 Å². The van der Waals surface area contributed by atoms with Crippen LogP contribution in [0.2, 0.25) is 18.1 Å². The van der Waals surface area contributed by atoms with E-state index in [0.717, 1.165) is 4.47 Å². The van der Waals surface area contributed by atoms with Gasteiger partial charge in [-0.3, -0.25) is 4.79 Å². The number of aliphatic carboxylic acids is 1. The summed E-state index contributed by atoms with van der Waals surface area (Å²) in [4.78, 5) is 23.6. The molecule has 1 rings (SSSR count). The minimum Gasteiger partial charge on any atom is -0.480 e. The number of carbonyl (C=O) groups is 2. The second-order valence-electron chi connectivity index (χ2n) is 7.27. The lowest BCUT2D eigenvalue weighted by Crippen LogP contribution is -2.44. The van der Waals surface area contributed by atoms with Crippen molar-refractivity contribution in [3.05, 3.63) is 34.3 Å². The predicted octanol–water partition coefficient (Wildman–Crippen LogP) is 4.04. The molecule has 134 valence electrons. The molecular formula is C17H26BrNO4Si. The minimum absolute atomic E-state index is 0.0608. The van der Waals surface area contributed by atoms with Crippen LogP contribution in [0.25, 0.3) is 0 Å². The van der Waals surface area contributed by atoms with Gasteiger partial charge in [-0.05, 0) is 36.3 Å². The van der Waals surface area contributed by atoms with E-state index in [4.69, 9.17) is 4.43 Å². The lowest BCUT2D eigenvalue weighted by molar-refractivity contribution is -0.139. The van der Waals surface area contributed by atoms with Gasteiger partial charge in [-0.1, -0.05) is 42.8 Å². The molecule has 1 aromatic rings. The molecule has 0 aliphatic carbocycles. The number of halogens is 1. The number of rotatable bonds is 7. The number of amides is 1. The van der Waals surface area contributed by atoms with Crippen LogP contribution in [-0.4, -0.2) is 37.9 Å². The summed E-state index contributed by atoms with van der Waals surface area (Å²) in [5.41, 5.74) is 0.418. The van der Waals surface area contributed by atoms with Gasteiger partial charge in [0.1, 0.15) is 6.04 Å². The summed E-state index contributed by atoms with van der Waals surface area (Å²) in [6.45, 7) is 10.9. The molecule has 0 radical (unpaired) electrons. The zero-order valence-corrected chi connectivity index (χ0v) is 17.4. The minimum atomic E-state index is -1.93. The third kappa shape index (κ3) is 6.03. The average Bonchev–Trinajstić information content (AvgIpc) is 2.44. The summed E-state index contributed by atoms with van der Waals surface area (Å²) in [5.74, 6) is -1.46. The standard InChI is InChI=1S/C17H26BrNO4Si/c1-17(2,3)24(4,5)23-10-9-14(16(21)22)19-15(20)12-7-6-8-13(18)11-12/h6-8,11,14H,9-10H2,1-5H3,(H,19,20)(H,21,22)/t14-/m0/s1. The van der Waals surface area contributed by atoms with Gasteiger partial charge in [0.15, 0.2) is 8.32 Å². The van der Waals surface area contributed by atoms with Crippen molar-refractivity contribution in [2.45, 2.75) is 51.4 Å². The monoisotopic (exact) mass is 415 g/mol. The zero-order valence-electron chi connectivity index (χ0n) is 14.9. The van der Waals surface area contributed by atoms with Gasteiger partial charge in [0.05, 0.1) is 0 Å². The number of nitrogens with one attached hydrogen (secondary N) is 1. The molecule has 0 heterocycles. The molecule has 2 N–H and O–H groups in total. The van der Waals surface area contributed by atoms with E-state index in [-0.39, 0.29) is 11.5 Å². The third-order valence-corrected chi connectivity index (χ3v) is 9.40. The highest BCUT2D eigenvalue weighted by Gasteiger charge is 2.37. The van der Waals surface area contributed by atoms with Gasteiger partial charge < -0.3 is 14.8 Å². The van der Waals surface area contributed by atoms with Crippen molar-refractivity contribution in [2.24, 2.45) is 0 Å². The molecular weight excluding hydrogens is 390 g/mol. The first-order valence-corrected chi connectivity index (χ1v) is 11.6. The van der Waals surface area contributed by atoms with Gasteiger partial charge >= 0.3 is 5.97 Å². The van der Waals surface area contributed by atoms with Gasteiger partial charge in [-0.2, -0.15) is 0 Å². The molecule has 0 spiro atoms. The molecule has 1 amide bonds. The largest absolute Gasteiger partial charge is 0.480 e. The van der Waals surface area contributed by atoms with E-state index in [1.807, 2.05) is 0 Å². The molecule has 0 saturated heterocycles. The fourth-order valence-electron chi connectivity index (χ4n) is 1.78. The fourth-order valence-corrected chi connectivity index (χ4v) is 3.24. The maximum atomic E-state index is 12.2. The highest BCUT2D eigenvalue weighted by Crippen LogP contribution is 2.36. The van der Waals surface area contributed by atoms with Gasteiger partial charge in [0, 0.05) is 23.1 Å². The number of hydrogen-bond donors (Lipinski definition) is 2. The quantitative estimate of drug-likeness (QED) is 0.658. The van der Waals surface area contributed by atoms with Crippen molar-refractivity contribution in [3.8, 4) is 0 Å². The Balaban J connectivity index is 2.65. The Morgan fingerprint density at radius 1 is 1.33 bits per heavy atom. The molecule has 1 aromatic carbocycles. The Morgan fingerprint density at radius 3 is 2.46 bits per heavy atom. The lowest BCUT2D eigenvalue weighted by atomic mass is 10.1. The third-order valence-electron chi connectivity index (χ3n) is 4.37. The van der Waals surface area contributed by atoms with Crippen LogP contribution in [0, 0.1) is 0 Å². The van der Waals surface area contributed by atoms with Gasteiger partial charge in [0.2, 0.25) is 0 Å². The SMILES string of the molecule is CC(C)(C)[Si](C)(C)OCC[C@H](NC(=O)c1cccc(Br)c1)C(=O)O. The number of carboxylic acid groups (broad SMARTS) is 1. The first-order valence-electron chi connectivity index (χ1n) is 7.87. The normalized spacial score (nSPS) is 13.4. The van der Waals surface area contributed by atoms with Crippen LogP contribution in [0.15, 0.2) is 28.7 Å². The molecule has 24 heavy (non-hydrogen) atoms. The first kappa shape index (κ1) is 20.9. The average molecular weight is 416 g/mol. The van der Waals surface area contributed by atoms with Crippen LogP contribution in [0.1, 0.15) is 37.6 Å². The number of carbonyl (C=O) groups excluding carboxylic acids is 1. The Morgan fingerprint density at radius 2 is 1.96 bits per heavy atom. The van der Waals surface area contributed by atoms with Crippen LogP contribution >= 0.6 is 15.9 Å². The molecule has 7 heteroatoms. The highest BCUT2D eigenvalue weighted by atomic mass is 79.9. The van der Waals surface area contributed by atoms with E-state index in [1.165, 1.54) is 0 Å². The Hall–Kier alpha value is -1.18. The van der Waals surface area contributed by atoms with Crippen molar-refractivity contribution >= 4 is 36.1 Å². The van der Waals surface area contributed by atoms with Gasteiger partial charge in [-0.15, -0.1) is 0 Å². The van der Waals surface area contributed by atoms with E-state index in [2.05, 4.69) is 55.1 Å². The Bertz CT molecular complexity index is 598. The van der Waals surface area contributed by atoms with Gasteiger partial charge in [-0.25, -0.2) is 4.79 Å². The van der Waals surface area contributed by atoms with E-state index in [0.29, 0.717) is 12.2 Å².